The number of halogens is 1. The van der Waals surface area contributed by atoms with Crippen LogP contribution in [0.3, 0.4) is 0 Å². The van der Waals surface area contributed by atoms with Crippen molar-refractivity contribution in [2.24, 2.45) is 0 Å². The molecule has 0 aliphatic heterocycles. The molecule has 0 radical (unpaired) electrons. The van der Waals surface area contributed by atoms with Gasteiger partial charge in [0.15, 0.2) is 0 Å². The molecule has 1 amide bonds. The summed E-state index contributed by atoms with van der Waals surface area (Å²) in [5.74, 6) is 1.16. The highest BCUT2D eigenvalue weighted by Crippen LogP contribution is 2.19. The zero-order valence-corrected chi connectivity index (χ0v) is 13.7. The van der Waals surface area contributed by atoms with Crippen molar-refractivity contribution in [3.63, 3.8) is 0 Å². The first-order chi connectivity index (χ1) is 9.70. The Morgan fingerprint density at radius 1 is 1.52 bits per heavy atom. The summed E-state index contributed by atoms with van der Waals surface area (Å²) < 4.78 is 5.16. The number of rotatable bonds is 7. The third-order valence-electron chi connectivity index (χ3n) is 2.92. The Hall–Kier alpha value is -1.44. The van der Waals surface area contributed by atoms with Crippen LogP contribution < -0.4 is 5.32 Å². The maximum absolute atomic E-state index is 11.9. The SMILES string of the molecule is CNCCN(C)C(=O)CCc1nc(-c2ccsc2)no1.Cl. The lowest BCUT2D eigenvalue weighted by Crippen LogP contribution is -2.32. The number of hydrogen-bond donors (Lipinski definition) is 1. The van der Waals surface area contributed by atoms with E-state index in [9.17, 15) is 4.79 Å². The summed E-state index contributed by atoms with van der Waals surface area (Å²) >= 11 is 1.59. The smallest absolute Gasteiger partial charge is 0.227 e. The molecule has 0 atom stereocenters. The van der Waals surface area contributed by atoms with Crippen LogP contribution in [-0.2, 0) is 11.2 Å². The fourth-order valence-corrected chi connectivity index (χ4v) is 2.31. The molecule has 8 heteroatoms. The molecule has 2 rings (SSSR count). The largest absolute Gasteiger partial charge is 0.344 e. The van der Waals surface area contributed by atoms with Gasteiger partial charge >= 0.3 is 0 Å². The van der Waals surface area contributed by atoms with Crippen molar-refractivity contribution in [2.45, 2.75) is 12.8 Å². The van der Waals surface area contributed by atoms with Crippen molar-refractivity contribution in [1.82, 2.24) is 20.4 Å². The molecular formula is C13H19ClN4O2S. The summed E-state index contributed by atoms with van der Waals surface area (Å²) in [5, 5.41) is 10.9. The van der Waals surface area contributed by atoms with E-state index in [2.05, 4.69) is 15.5 Å². The van der Waals surface area contributed by atoms with Crippen molar-refractivity contribution < 1.29 is 9.32 Å². The van der Waals surface area contributed by atoms with E-state index in [-0.39, 0.29) is 18.3 Å². The van der Waals surface area contributed by atoms with E-state index in [1.54, 1.807) is 23.3 Å². The number of aromatic nitrogens is 2. The van der Waals surface area contributed by atoms with Gasteiger partial charge in [0.25, 0.3) is 0 Å². The van der Waals surface area contributed by atoms with Crippen molar-refractivity contribution in [3.8, 4) is 11.4 Å². The standard InChI is InChI=1S/C13H18N4O2S.ClH/c1-14-6-7-17(2)12(18)4-3-11-15-13(16-19-11)10-5-8-20-9-10;/h5,8-9,14H,3-4,6-7H2,1-2H3;1H. The maximum Gasteiger partial charge on any atom is 0.227 e. The Morgan fingerprint density at radius 2 is 2.33 bits per heavy atom. The molecule has 0 aromatic carbocycles. The third kappa shape index (κ3) is 5.11. The number of aryl methyl sites for hydroxylation is 1. The van der Waals surface area contributed by atoms with Gasteiger partial charge < -0.3 is 14.7 Å². The molecule has 0 bridgehead atoms. The van der Waals surface area contributed by atoms with Gasteiger partial charge in [0, 0.05) is 43.9 Å². The molecule has 2 heterocycles. The number of thiophene rings is 1. The van der Waals surface area contributed by atoms with Gasteiger partial charge in [0.2, 0.25) is 17.6 Å². The molecule has 21 heavy (non-hydrogen) atoms. The summed E-state index contributed by atoms with van der Waals surface area (Å²) in [7, 11) is 3.66. The van der Waals surface area contributed by atoms with E-state index in [4.69, 9.17) is 4.52 Å². The summed E-state index contributed by atoms with van der Waals surface area (Å²) in [5.41, 5.74) is 0.947. The second-order valence-electron chi connectivity index (χ2n) is 4.44. The minimum Gasteiger partial charge on any atom is -0.344 e. The van der Waals surface area contributed by atoms with Crippen LogP contribution in [0.2, 0.25) is 0 Å². The molecule has 0 saturated heterocycles. The minimum atomic E-state index is 0. The van der Waals surface area contributed by atoms with E-state index in [0.29, 0.717) is 31.1 Å². The van der Waals surface area contributed by atoms with Crippen molar-refractivity contribution in [1.29, 1.82) is 0 Å². The monoisotopic (exact) mass is 330 g/mol. The van der Waals surface area contributed by atoms with Crippen LogP contribution in [0.15, 0.2) is 21.3 Å². The molecule has 0 aliphatic rings. The molecule has 0 spiro atoms. The summed E-state index contributed by atoms with van der Waals surface area (Å²) in [6.45, 7) is 1.48. The molecule has 0 unspecified atom stereocenters. The highest BCUT2D eigenvalue weighted by atomic mass is 35.5. The Labute approximate surface area is 133 Å². The molecule has 116 valence electrons. The molecule has 0 fully saturated rings. The van der Waals surface area contributed by atoms with Gasteiger partial charge in [0.1, 0.15) is 0 Å². The van der Waals surface area contributed by atoms with E-state index < -0.39 is 0 Å². The lowest BCUT2D eigenvalue weighted by Gasteiger charge is -2.16. The van der Waals surface area contributed by atoms with Gasteiger partial charge in [-0.3, -0.25) is 4.79 Å². The van der Waals surface area contributed by atoms with Crippen molar-refractivity contribution >= 4 is 29.7 Å². The predicted molar refractivity (Wildman–Crippen MR) is 84.7 cm³/mol. The molecular weight excluding hydrogens is 312 g/mol. The first-order valence-corrected chi connectivity index (χ1v) is 7.38. The average Bonchev–Trinajstić information content (AvgIpc) is 3.12. The van der Waals surface area contributed by atoms with E-state index in [1.807, 2.05) is 23.9 Å². The van der Waals surface area contributed by atoms with Gasteiger partial charge in [0.05, 0.1) is 0 Å². The lowest BCUT2D eigenvalue weighted by atomic mass is 10.2. The Morgan fingerprint density at radius 3 is 3.00 bits per heavy atom. The summed E-state index contributed by atoms with van der Waals surface area (Å²) in [6, 6.07) is 1.94. The average molecular weight is 331 g/mol. The molecule has 2 aromatic rings. The zero-order chi connectivity index (χ0) is 14.4. The number of nitrogens with one attached hydrogen (secondary N) is 1. The molecule has 1 N–H and O–H groups in total. The second-order valence-corrected chi connectivity index (χ2v) is 5.22. The first-order valence-electron chi connectivity index (χ1n) is 6.44. The van der Waals surface area contributed by atoms with E-state index in [1.165, 1.54) is 0 Å². The van der Waals surface area contributed by atoms with Gasteiger partial charge in [-0.1, -0.05) is 5.16 Å². The van der Waals surface area contributed by atoms with Crippen LogP contribution in [0.5, 0.6) is 0 Å². The minimum absolute atomic E-state index is 0. The fraction of sp³-hybridized carbons (Fsp3) is 0.462. The lowest BCUT2D eigenvalue weighted by molar-refractivity contribution is -0.129. The van der Waals surface area contributed by atoms with Crippen molar-refractivity contribution in [3.05, 3.63) is 22.7 Å². The maximum atomic E-state index is 11.9. The molecule has 2 aromatic heterocycles. The number of carbonyl (C=O) groups excluding carboxylic acids is 1. The first kappa shape index (κ1) is 17.6. The molecule has 6 nitrogen and oxygen atoms in total. The highest BCUT2D eigenvalue weighted by Gasteiger charge is 2.13. The van der Waals surface area contributed by atoms with E-state index >= 15 is 0 Å². The summed E-state index contributed by atoms with van der Waals surface area (Å²) in [4.78, 5) is 17.9. The van der Waals surface area contributed by atoms with Gasteiger partial charge in [-0.25, -0.2) is 0 Å². The van der Waals surface area contributed by atoms with Gasteiger partial charge in [-0.15, -0.1) is 12.4 Å². The van der Waals surface area contributed by atoms with Crippen LogP contribution in [-0.4, -0.2) is 48.1 Å². The number of hydrogen-bond acceptors (Lipinski definition) is 6. The van der Waals surface area contributed by atoms with Gasteiger partial charge in [-0.2, -0.15) is 16.3 Å². The van der Waals surface area contributed by atoms with Crippen LogP contribution in [0.1, 0.15) is 12.3 Å². The number of likely N-dealkylation sites (N-methyl/N-ethyl adjacent to an activating group) is 2. The number of nitrogens with zero attached hydrogens (tertiary/aromatic N) is 3. The Balaban J connectivity index is 0.00000220. The van der Waals surface area contributed by atoms with E-state index in [0.717, 1.165) is 12.1 Å². The summed E-state index contributed by atoms with van der Waals surface area (Å²) in [6.07, 6.45) is 0.853. The third-order valence-corrected chi connectivity index (χ3v) is 3.61. The topological polar surface area (TPSA) is 71.3 Å². The number of carbonyl (C=O) groups is 1. The number of amides is 1. The quantitative estimate of drug-likeness (QED) is 0.838. The molecule has 0 saturated carbocycles. The predicted octanol–water partition coefficient (Wildman–Crippen LogP) is 1.83. The Bertz CT molecular complexity index is 544. The second kappa shape index (κ2) is 8.76. The van der Waals surface area contributed by atoms with Crippen LogP contribution >= 0.6 is 23.7 Å². The van der Waals surface area contributed by atoms with Crippen LogP contribution in [0.25, 0.3) is 11.4 Å². The van der Waals surface area contributed by atoms with Crippen molar-refractivity contribution in [2.75, 3.05) is 27.2 Å². The van der Waals surface area contributed by atoms with Crippen LogP contribution in [0, 0.1) is 0 Å². The van der Waals surface area contributed by atoms with Crippen LogP contribution in [0.4, 0.5) is 0 Å². The Kier molecular flexibility index (Phi) is 7.35. The fourth-order valence-electron chi connectivity index (χ4n) is 1.67. The normalized spacial score (nSPS) is 10.2. The molecule has 0 aliphatic carbocycles. The zero-order valence-electron chi connectivity index (χ0n) is 12.0. The van der Waals surface area contributed by atoms with Gasteiger partial charge in [-0.05, 0) is 18.5 Å². The highest BCUT2D eigenvalue weighted by molar-refractivity contribution is 7.08.